The number of nitrogens with one attached hydrogen (secondary N) is 2. The molecule has 1 aromatic rings. The van der Waals surface area contributed by atoms with Gasteiger partial charge >= 0.3 is 12.0 Å². The average Bonchev–Trinajstić information content (AvgIpc) is 2.44. The fraction of sp³-hybridized carbons (Fsp3) is 0.400. The van der Waals surface area contributed by atoms with Gasteiger partial charge in [-0.2, -0.15) is 0 Å². The number of ketones is 1. The highest BCUT2D eigenvalue weighted by atomic mass is 16.4. The molecule has 1 rings (SSSR count). The van der Waals surface area contributed by atoms with Crippen molar-refractivity contribution in [2.75, 3.05) is 5.32 Å². The number of carbonyl (C=O) groups is 3. The van der Waals surface area contributed by atoms with Crippen LogP contribution in [-0.4, -0.2) is 28.9 Å². The van der Waals surface area contributed by atoms with Crippen molar-refractivity contribution in [3.63, 3.8) is 0 Å². The first-order valence-electron chi connectivity index (χ1n) is 6.76. The number of hydrogen-bond acceptors (Lipinski definition) is 3. The Morgan fingerprint density at radius 2 is 1.76 bits per heavy atom. The summed E-state index contributed by atoms with van der Waals surface area (Å²) in [4.78, 5) is 34.1. The lowest BCUT2D eigenvalue weighted by Crippen LogP contribution is -2.46. The molecule has 0 aliphatic rings. The number of carboxylic acids is 1. The molecule has 0 aliphatic heterocycles. The van der Waals surface area contributed by atoms with Crippen LogP contribution in [0.15, 0.2) is 24.3 Å². The van der Waals surface area contributed by atoms with E-state index in [1.807, 2.05) is 6.92 Å². The smallest absolute Gasteiger partial charge is 0.326 e. The number of carbonyl (C=O) groups excluding carboxylic acids is 2. The van der Waals surface area contributed by atoms with Gasteiger partial charge in [0.1, 0.15) is 6.04 Å². The molecule has 0 aromatic heterocycles. The van der Waals surface area contributed by atoms with E-state index in [0.29, 0.717) is 17.7 Å². The Bertz CT molecular complexity index is 525. The van der Waals surface area contributed by atoms with Crippen molar-refractivity contribution in [2.24, 2.45) is 5.92 Å². The van der Waals surface area contributed by atoms with Crippen LogP contribution < -0.4 is 10.6 Å². The summed E-state index contributed by atoms with van der Waals surface area (Å²) in [6.45, 7) is 5.08. The summed E-state index contributed by atoms with van der Waals surface area (Å²) in [5, 5.41) is 14.1. The number of amides is 2. The fourth-order valence-corrected chi connectivity index (χ4v) is 1.78. The Morgan fingerprint density at radius 3 is 2.19 bits per heavy atom. The molecule has 2 amide bonds. The van der Waals surface area contributed by atoms with Gasteiger partial charge in [-0.05, 0) is 37.1 Å². The maximum absolute atomic E-state index is 11.8. The summed E-state index contributed by atoms with van der Waals surface area (Å²) >= 11 is 0. The van der Waals surface area contributed by atoms with Gasteiger partial charge in [0.2, 0.25) is 0 Å². The molecule has 3 N–H and O–H groups in total. The third kappa shape index (κ3) is 4.91. The van der Waals surface area contributed by atoms with E-state index in [4.69, 9.17) is 5.11 Å². The quantitative estimate of drug-likeness (QED) is 0.702. The molecule has 2 atom stereocenters. The predicted octanol–water partition coefficient (Wildman–Crippen LogP) is 2.51. The van der Waals surface area contributed by atoms with Gasteiger partial charge in [-0.25, -0.2) is 9.59 Å². The minimum atomic E-state index is -1.06. The van der Waals surface area contributed by atoms with Crippen LogP contribution in [-0.2, 0) is 4.79 Å². The Labute approximate surface area is 123 Å². The molecular weight excluding hydrogens is 272 g/mol. The van der Waals surface area contributed by atoms with Crippen LogP contribution in [0.5, 0.6) is 0 Å². The van der Waals surface area contributed by atoms with Crippen LogP contribution in [0.3, 0.4) is 0 Å². The number of hydrogen-bond donors (Lipinski definition) is 3. The number of carboxylic acid groups (broad SMARTS) is 1. The van der Waals surface area contributed by atoms with Gasteiger partial charge in [0.05, 0.1) is 0 Å². The third-order valence-corrected chi connectivity index (χ3v) is 3.31. The molecule has 0 fully saturated rings. The number of anilines is 1. The first-order chi connectivity index (χ1) is 9.85. The van der Waals surface area contributed by atoms with Crippen LogP contribution in [0.2, 0.25) is 0 Å². The van der Waals surface area contributed by atoms with Crippen molar-refractivity contribution >= 4 is 23.5 Å². The molecule has 0 aliphatic carbocycles. The zero-order valence-electron chi connectivity index (χ0n) is 12.3. The van der Waals surface area contributed by atoms with E-state index in [-0.39, 0.29) is 11.7 Å². The van der Waals surface area contributed by atoms with Gasteiger partial charge in [0.25, 0.3) is 0 Å². The van der Waals surface area contributed by atoms with Gasteiger partial charge in [-0.3, -0.25) is 4.79 Å². The zero-order chi connectivity index (χ0) is 16.0. The van der Waals surface area contributed by atoms with Crippen LogP contribution in [0.1, 0.15) is 37.6 Å². The molecule has 21 heavy (non-hydrogen) atoms. The first kappa shape index (κ1) is 16.7. The highest BCUT2D eigenvalue weighted by molar-refractivity contribution is 5.96. The summed E-state index contributed by atoms with van der Waals surface area (Å²) in [6, 6.07) is 4.86. The third-order valence-electron chi connectivity index (χ3n) is 3.31. The molecule has 0 bridgehead atoms. The number of rotatable bonds is 6. The number of benzene rings is 1. The van der Waals surface area contributed by atoms with E-state index in [0.717, 1.165) is 0 Å². The molecule has 0 radical (unpaired) electrons. The predicted molar refractivity (Wildman–Crippen MR) is 79.5 cm³/mol. The van der Waals surface area contributed by atoms with Crippen LogP contribution in [0.4, 0.5) is 10.5 Å². The molecule has 114 valence electrons. The molecular formula is C15H20N2O4. The summed E-state index contributed by atoms with van der Waals surface area (Å²) in [6.07, 6.45) is 0.643. The standard InChI is InChI=1S/C15H20N2O4/c1-4-9(2)13(14(19)20)17-15(21)16-12-7-5-11(6-8-12)10(3)18/h5-9,13H,4H2,1-3H3,(H,19,20)(H2,16,17,21). The number of urea groups is 1. The van der Waals surface area contributed by atoms with Gasteiger partial charge < -0.3 is 15.7 Å². The normalized spacial score (nSPS) is 13.1. The van der Waals surface area contributed by atoms with E-state index >= 15 is 0 Å². The molecule has 0 spiro atoms. The Morgan fingerprint density at radius 1 is 1.19 bits per heavy atom. The Hall–Kier alpha value is -2.37. The highest BCUT2D eigenvalue weighted by Gasteiger charge is 2.25. The summed E-state index contributed by atoms with van der Waals surface area (Å²) in [5.41, 5.74) is 1.04. The SMILES string of the molecule is CCC(C)C(NC(=O)Nc1ccc(C(C)=O)cc1)C(=O)O. The van der Waals surface area contributed by atoms with Gasteiger partial charge in [-0.1, -0.05) is 20.3 Å². The van der Waals surface area contributed by atoms with Gasteiger partial charge in [0, 0.05) is 11.3 Å². The molecule has 0 saturated carbocycles. The highest BCUT2D eigenvalue weighted by Crippen LogP contribution is 2.11. The maximum Gasteiger partial charge on any atom is 0.326 e. The second-order valence-electron chi connectivity index (χ2n) is 4.93. The first-order valence-corrected chi connectivity index (χ1v) is 6.76. The van der Waals surface area contributed by atoms with Crippen molar-refractivity contribution in [1.82, 2.24) is 5.32 Å². The fourth-order valence-electron chi connectivity index (χ4n) is 1.78. The summed E-state index contributed by atoms with van der Waals surface area (Å²) in [5.74, 6) is -1.30. The molecule has 0 saturated heterocycles. The van der Waals surface area contributed by atoms with Crippen LogP contribution in [0.25, 0.3) is 0 Å². The molecule has 2 unspecified atom stereocenters. The van der Waals surface area contributed by atoms with Crippen molar-refractivity contribution in [3.8, 4) is 0 Å². The lowest BCUT2D eigenvalue weighted by Gasteiger charge is -2.20. The molecule has 6 nitrogen and oxygen atoms in total. The summed E-state index contributed by atoms with van der Waals surface area (Å²) < 4.78 is 0. The topological polar surface area (TPSA) is 95.5 Å². The average molecular weight is 292 g/mol. The lowest BCUT2D eigenvalue weighted by atomic mass is 9.99. The Kier molecular flexibility index (Phi) is 5.90. The van der Waals surface area contributed by atoms with E-state index in [1.165, 1.54) is 6.92 Å². The largest absolute Gasteiger partial charge is 0.480 e. The van der Waals surface area contributed by atoms with Crippen LogP contribution >= 0.6 is 0 Å². The van der Waals surface area contributed by atoms with E-state index < -0.39 is 18.0 Å². The molecule has 1 aromatic carbocycles. The maximum atomic E-state index is 11.8. The van der Waals surface area contributed by atoms with Crippen LogP contribution in [0, 0.1) is 5.92 Å². The van der Waals surface area contributed by atoms with Gasteiger partial charge in [-0.15, -0.1) is 0 Å². The number of aliphatic carboxylic acids is 1. The Balaban J connectivity index is 2.67. The lowest BCUT2D eigenvalue weighted by molar-refractivity contribution is -0.140. The minimum absolute atomic E-state index is 0.0614. The second kappa shape index (κ2) is 7.42. The van der Waals surface area contributed by atoms with E-state index in [2.05, 4.69) is 10.6 Å². The van der Waals surface area contributed by atoms with Crippen molar-refractivity contribution in [3.05, 3.63) is 29.8 Å². The summed E-state index contributed by atoms with van der Waals surface area (Å²) in [7, 11) is 0. The van der Waals surface area contributed by atoms with Crippen molar-refractivity contribution < 1.29 is 19.5 Å². The second-order valence-corrected chi connectivity index (χ2v) is 4.93. The minimum Gasteiger partial charge on any atom is -0.480 e. The molecule has 0 heterocycles. The molecule has 6 heteroatoms. The van der Waals surface area contributed by atoms with E-state index in [9.17, 15) is 14.4 Å². The monoisotopic (exact) mass is 292 g/mol. The van der Waals surface area contributed by atoms with Gasteiger partial charge in [0.15, 0.2) is 5.78 Å². The van der Waals surface area contributed by atoms with Crippen molar-refractivity contribution in [1.29, 1.82) is 0 Å². The van der Waals surface area contributed by atoms with E-state index in [1.54, 1.807) is 31.2 Å². The van der Waals surface area contributed by atoms with Crippen molar-refractivity contribution in [2.45, 2.75) is 33.2 Å². The number of Topliss-reactive ketones (excluding diaryl/α,β-unsaturated/α-hetero) is 1. The zero-order valence-corrected chi connectivity index (χ0v) is 12.3.